The molecular weight excluding hydrogens is 322 g/mol. The van der Waals surface area contributed by atoms with Crippen molar-refractivity contribution in [2.45, 2.75) is 13.2 Å². The Morgan fingerprint density at radius 1 is 1.22 bits per heavy atom. The monoisotopic (exact) mass is 335 g/mol. The Kier molecular flexibility index (Phi) is 5.51. The summed E-state index contributed by atoms with van der Waals surface area (Å²) in [5, 5.41) is 25.1. The molecule has 2 rings (SSSR count). The van der Waals surface area contributed by atoms with Gasteiger partial charge in [-0.25, -0.2) is 4.79 Å². The molecule has 3 N–H and O–H groups in total. The van der Waals surface area contributed by atoms with Crippen molar-refractivity contribution in [3.05, 3.63) is 68.7 Å². The van der Waals surface area contributed by atoms with Gasteiger partial charge in [0.05, 0.1) is 22.2 Å². The van der Waals surface area contributed by atoms with Crippen LogP contribution in [0.25, 0.3) is 0 Å². The van der Waals surface area contributed by atoms with Gasteiger partial charge in [-0.2, -0.15) is 0 Å². The molecule has 2 aromatic carbocycles. The number of anilines is 1. The van der Waals surface area contributed by atoms with E-state index in [4.69, 9.17) is 11.6 Å². The van der Waals surface area contributed by atoms with Gasteiger partial charge in [-0.05, 0) is 17.2 Å². The average Bonchev–Trinajstić information content (AvgIpc) is 2.54. The lowest BCUT2D eigenvalue weighted by atomic mass is 10.1. The number of carbonyl (C=O) groups is 1. The van der Waals surface area contributed by atoms with Crippen LogP contribution in [0.5, 0.6) is 0 Å². The van der Waals surface area contributed by atoms with E-state index in [0.29, 0.717) is 0 Å². The van der Waals surface area contributed by atoms with Gasteiger partial charge in [0.1, 0.15) is 0 Å². The van der Waals surface area contributed by atoms with Crippen LogP contribution in [0, 0.1) is 10.1 Å². The lowest BCUT2D eigenvalue weighted by Crippen LogP contribution is -2.28. The molecule has 0 radical (unpaired) electrons. The molecular formula is C15H14ClN3O4. The molecule has 0 bridgehead atoms. The van der Waals surface area contributed by atoms with Gasteiger partial charge in [0.2, 0.25) is 0 Å². The maximum atomic E-state index is 11.9. The Bertz CT molecular complexity index is 736. The van der Waals surface area contributed by atoms with Crippen LogP contribution < -0.4 is 10.6 Å². The molecule has 0 spiro atoms. The Morgan fingerprint density at radius 3 is 2.52 bits per heavy atom. The molecule has 2 aromatic rings. The van der Waals surface area contributed by atoms with Crippen molar-refractivity contribution in [2.24, 2.45) is 0 Å². The Balaban J connectivity index is 1.98. The molecule has 0 saturated carbocycles. The highest BCUT2D eigenvalue weighted by Gasteiger charge is 2.11. The van der Waals surface area contributed by atoms with Gasteiger partial charge in [0.25, 0.3) is 5.69 Å². The summed E-state index contributed by atoms with van der Waals surface area (Å²) in [6, 6.07) is 10.4. The van der Waals surface area contributed by atoms with E-state index in [-0.39, 0.29) is 29.5 Å². The van der Waals surface area contributed by atoms with Crippen molar-refractivity contribution in [3.63, 3.8) is 0 Å². The number of amides is 2. The van der Waals surface area contributed by atoms with Crippen LogP contribution in [0.1, 0.15) is 11.1 Å². The SMILES string of the molecule is O=C(NCc1ccccc1CO)Nc1ccc([N+](=O)[O-])cc1Cl. The molecule has 0 heterocycles. The molecule has 7 nitrogen and oxygen atoms in total. The first-order valence-corrected chi connectivity index (χ1v) is 7.05. The van der Waals surface area contributed by atoms with Gasteiger partial charge >= 0.3 is 6.03 Å². The molecule has 120 valence electrons. The lowest BCUT2D eigenvalue weighted by Gasteiger charge is -2.11. The number of nitrogens with zero attached hydrogens (tertiary/aromatic N) is 1. The number of nitrogens with one attached hydrogen (secondary N) is 2. The average molecular weight is 336 g/mol. The number of rotatable bonds is 5. The van der Waals surface area contributed by atoms with Crippen molar-refractivity contribution >= 4 is 29.0 Å². The van der Waals surface area contributed by atoms with Crippen molar-refractivity contribution in [1.82, 2.24) is 5.32 Å². The van der Waals surface area contributed by atoms with E-state index in [1.807, 2.05) is 0 Å². The summed E-state index contributed by atoms with van der Waals surface area (Å²) in [6.45, 7) is 0.112. The number of halogens is 1. The standard InChI is InChI=1S/C15H14ClN3O4/c16-13-7-12(19(22)23)5-6-14(13)18-15(21)17-8-10-3-1-2-4-11(10)9-20/h1-7,20H,8-9H2,(H2,17,18,21). The van der Waals surface area contributed by atoms with Crippen LogP contribution >= 0.6 is 11.6 Å². The second-order valence-corrected chi connectivity index (χ2v) is 5.06. The van der Waals surface area contributed by atoms with E-state index in [0.717, 1.165) is 17.2 Å². The van der Waals surface area contributed by atoms with E-state index in [2.05, 4.69) is 10.6 Å². The van der Waals surface area contributed by atoms with Gasteiger partial charge in [0.15, 0.2) is 0 Å². The fraction of sp³-hybridized carbons (Fsp3) is 0.133. The topological polar surface area (TPSA) is 104 Å². The fourth-order valence-electron chi connectivity index (χ4n) is 1.95. The number of hydrogen-bond acceptors (Lipinski definition) is 4. The van der Waals surface area contributed by atoms with Crippen molar-refractivity contribution in [2.75, 3.05) is 5.32 Å². The zero-order valence-corrected chi connectivity index (χ0v) is 12.7. The summed E-state index contributed by atoms with van der Waals surface area (Å²) in [5.41, 5.74) is 1.63. The van der Waals surface area contributed by atoms with Gasteiger partial charge in [-0.15, -0.1) is 0 Å². The fourth-order valence-corrected chi connectivity index (χ4v) is 2.17. The quantitative estimate of drug-likeness (QED) is 0.577. The van der Waals surface area contributed by atoms with Crippen LogP contribution in [0.3, 0.4) is 0 Å². The Hall–Kier alpha value is -2.64. The van der Waals surface area contributed by atoms with E-state index in [1.54, 1.807) is 24.3 Å². The minimum absolute atomic E-state index is 0.0742. The molecule has 0 aliphatic heterocycles. The number of urea groups is 1. The van der Waals surface area contributed by atoms with E-state index >= 15 is 0 Å². The zero-order valence-electron chi connectivity index (χ0n) is 12.0. The van der Waals surface area contributed by atoms with Gasteiger partial charge in [0, 0.05) is 18.7 Å². The van der Waals surface area contributed by atoms with Gasteiger partial charge < -0.3 is 15.7 Å². The third kappa shape index (κ3) is 4.41. The van der Waals surface area contributed by atoms with Crippen molar-refractivity contribution < 1.29 is 14.8 Å². The molecule has 0 aliphatic carbocycles. The molecule has 0 atom stereocenters. The maximum Gasteiger partial charge on any atom is 0.319 e. The highest BCUT2D eigenvalue weighted by molar-refractivity contribution is 6.33. The summed E-state index contributed by atoms with van der Waals surface area (Å²) in [7, 11) is 0. The number of hydrogen-bond donors (Lipinski definition) is 3. The highest BCUT2D eigenvalue weighted by atomic mass is 35.5. The minimum Gasteiger partial charge on any atom is -0.392 e. The highest BCUT2D eigenvalue weighted by Crippen LogP contribution is 2.26. The predicted octanol–water partition coefficient (Wildman–Crippen LogP) is 3.06. The van der Waals surface area contributed by atoms with Crippen LogP contribution in [0.15, 0.2) is 42.5 Å². The van der Waals surface area contributed by atoms with Gasteiger partial charge in [-0.1, -0.05) is 35.9 Å². The number of non-ortho nitro benzene ring substituents is 1. The third-order valence-electron chi connectivity index (χ3n) is 3.14. The molecule has 0 aliphatic rings. The molecule has 0 aromatic heterocycles. The summed E-state index contributed by atoms with van der Waals surface area (Å²) in [5.74, 6) is 0. The molecule has 23 heavy (non-hydrogen) atoms. The van der Waals surface area contributed by atoms with Crippen LogP contribution in [0.4, 0.5) is 16.2 Å². The largest absolute Gasteiger partial charge is 0.392 e. The second kappa shape index (κ2) is 7.57. The number of aliphatic hydroxyl groups excluding tert-OH is 1. The number of nitro benzene ring substituents is 1. The molecule has 0 unspecified atom stereocenters. The van der Waals surface area contributed by atoms with Gasteiger partial charge in [-0.3, -0.25) is 10.1 Å². The summed E-state index contributed by atoms with van der Waals surface area (Å²) >= 11 is 5.90. The van der Waals surface area contributed by atoms with Crippen molar-refractivity contribution in [1.29, 1.82) is 0 Å². The molecule has 0 fully saturated rings. The van der Waals surface area contributed by atoms with Crippen molar-refractivity contribution in [3.8, 4) is 0 Å². The van der Waals surface area contributed by atoms with E-state index in [9.17, 15) is 20.0 Å². The Morgan fingerprint density at radius 2 is 1.91 bits per heavy atom. The lowest BCUT2D eigenvalue weighted by molar-refractivity contribution is -0.384. The smallest absolute Gasteiger partial charge is 0.319 e. The summed E-state index contributed by atoms with van der Waals surface area (Å²) < 4.78 is 0. The van der Waals surface area contributed by atoms with E-state index in [1.165, 1.54) is 12.1 Å². The normalized spacial score (nSPS) is 10.2. The summed E-state index contributed by atoms with van der Waals surface area (Å²) in [6.07, 6.45) is 0. The van der Waals surface area contributed by atoms with Crippen LogP contribution in [-0.4, -0.2) is 16.1 Å². The van der Waals surface area contributed by atoms with Crippen LogP contribution in [-0.2, 0) is 13.2 Å². The first-order chi connectivity index (χ1) is 11.0. The molecule has 0 saturated heterocycles. The first kappa shape index (κ1) is 16.7. The number of nitro groups is 1. The van der Waals surface area contributed by atoms with E-state index < -0.39 is 11.0 Å². The molecule has 2 amide bonds. The minimum atomic E-state index is -0.568. The zero-order chi connectivity index (χ0) is 16.8. The first-order valence-electron chi connectivity index (χ1n) is 6.67. The van der Waals surface area contributed by atoms with Crippen LogP contribution in [0.2, 0.25) is 5.02 Å². The molecule has 8 heteroatoms. The number of carbonyl (C=O) groups excluding carboxylic acids is 1. The maximum absolute atomic E-state index is 11.9. The second-order valence-electron chi connectivity index (χ2n) is 4.66. The number of aliphatic hydroxyl groups is 1. The predicted molar refractivity (Wildman–Crippen MR) is 86.3 cm³/mol. The number of benzene rings is 2. The Labute approximate surface area is 137 Å². The summed E-state index contributed by atoms with van der Waals surface area (Å²) in [4.78, 5) is 21.9. The third-order valence-corrected chi connectivity index (χ3v) is 3.45.